The number of nitrogens with two attached hydrogens (primary N) is 1. The molecule has 1 atom stereocenters. The first-order valence-corrected chi connectivity index (χ1v) is 5.60. The Balaban J connectivity index is 2.32. The number of carbonyl (C=O) groups excluding carboxylic acids is 1. The van der Waals surface area contributed by atoms with Gasteiger partial charge < -0.3 is 11.1 Å². The van der Waals surface area contributed by atoms with Crippen molar-refractivity contribution in [2.75, 3.05) is 0 Å². The van der Waals surface area contributed by atoms with Crippen molar-refractivity contribution in [2.45, 2.75) is 25.3 Å². The second kappa shape index (κ2) is 2.95. The zero-order valence-corrected chi connectivity index (χ0v) is 9.21. The molecule has 3 rings (SSSR count). The van der Waals surface area contributed by atoms with Gasteiger partial charge in [0, 0.05) is 22.4 Å². The van der Waals surface area contributed by atoms with Gasteiger partial charge in [-0.2, -0.15) is 0 Å². The van der Waals surface area contributed by atoms with E-state index in [9.17, 15) is 4.79 Å². The van der Waals surface area contributed by atoms with Crippen LogP contribution >= 0.6 is 0 Å². The lowest BCUT2D eigenvalue weighted by Crippen LogP contribution is -2.38. The largest absolute Gasteiger partial charge is 0.322 e. The Hall–Kier alpha value is -1.61. The third-order valence-electron chi connectivity index (χ3n) is 3.66. The molecular weight excluding hydrogens is 200 g/mol. The Kier molecular flexibility index (Phi) is 1.77. The molecule has 16 heavy (non-hydrogen) atoms. The lowest BCUT2D eigenvalue weighted by Gasteiger charge is -2.33. The number of nitrogens with one attached hydrogen (secondary N) is 1. The molecule has 1 aromatic carbocycles. The van der Waals surface area contributed by atoms with Crippen LogP contribution in [-0.4, -0.2) is 5.91 Å². The second-order valence-corrected chi connectivity index (χ2v) is 4.51. The summed E-state index contributed by atoms with van der Waals surface area (Å²) in [6, 6.07) is 5.81. The van der Waals surface area contributed by atoms with Crippen molar-refractivity contribution in [2.24, 2.45) is 5.73 Å². The summed E-state index contributed by atoms with van der Waals surface area (Å²) < 4.78 is 0. The van der Waals surface area contributed by atoms with Crippen molar-refractivity contribution >= 4 is 11.6 Å². The second-order valence-electron chi connectivity index (χ2n) is 4.51. The highest BCUT2D eigenvalue weighted by Crippen LogP contribution is 2.40. The summed E-state index contributed by atoms with van der Waals surface area (Å²) in [4.78, 5) is 11.7. The van der Waals surface area contributed by atoms with Crippen LogP contribution in [0.15, 0.2) is 24.3 Å². The van der Waals surface area contributed by atoms with Gasteiger partial charge in [0.05, 0.1) is 0 Å². The van der Waals surface area contributed by atoms with Gasteiger partial charge in [0.1, 0.15) is 0 Å². The lowest BCUT2D eigenvalue weighted by atomic mass is 9.77. The van der Waals surface area contributed by atoms with Gasteiger partial charge in [-0.15, -0.1) is 0 Å². The molecule has 0 saturated carbocycles. The Labute approximate surface area is 94.3 Å². The van der Waals surface area contributed by atoms with E-state index in [1.807, 2.05) is 24.3 Å². The first-order valence-electron chi connectivity index (χ1n) is 5.60. The average molecular weight is 214 g/mol. The predicted molar refractivity (Wildman–Crippen MR) is 62.7 cm³/mol. The van der Waals surface area contributed by atoms with E-state index in [1.165, 1.54) is 0 Å². The summed E-state index contributed by atoms with van der Waals surface area (Å²) in [7, 11) is 0. The van der Waals surface area contributed by atoms with E-state index in [0.29, 0.717) is 0 Å². The molecule has 2 aliphatic rings. The molecule has 0 spiro atoms. The van der Waals surface area contributed by atoms with Crippen LogP contribution in [0.4, 0.5) is 0 Å². The first kappa shape index (κ1) is 9.60. The van der Waals surface area contributed by atoms with Crippen LogP contribution < -0.4 is 11.1 Å². The molecule has 0 radical (unpaired) electrons. The van der Waals surface area contributed by atoms with Gasteiger partial charge in [-0.25, -0.2) is 0 Å². The number of hydrogen-bond donors (Lipinski definition) is 2. The number of benzene rings is 1. The van der Waals surface area contributed by atoms with Crippen molar-refractivity contribution in [3.8, 4) is 0 Å². The normalized spacial score (nSPS) is 26.1. The molecule has 1 aromatic rings. The maximum absolute atomic E-state index is 11.7. The lowest BCUT2D eigenvalue weighted by molar-refractivity contribution is 0.0981. The summed E-state index contributed by atoms with van der Waals surface area (Å²) in [5, 5.41) is 2.89. The van der Waals surface area contributed by atoms with Crippen LogP contribution in [0.1, 0.15) is 41.3 Å². The zero-order chi connectivity index (χ0) is 11.3. The van der Waals surface area contributed by atoms with E-state index >= 15 is 0 Å². The number of amides is 1. The molecule has 3 nitrogen and oxygen atoms in total. The van der Waals surface area contributed by atoms with Gasteiger partial charge in [-0.05, 0) is 24.5 Å². The topological polar surface area (TPSA) is 55.1 Å². The molecule has 3 N–H and O–H groups in total. The molecule has 1 aliphatic carbocycles. The van der Waals surface area contributed by atoms with Crippen molar-refractivity contribution in [3.63, 3.8) is 0 Å². The highest BCUT2D eigenvalue weighted by molar-refractivity contribution is 6.10. The predicted octanol–water partition coefficient (Wildman–Crippen LogP) is 1.74. The molecule has 1 unspecified atom stereocenters. The van der Waals surface area contributed by atoms with Crippen molar-refractivity contribution in [3.05, 3.63) is 41.0 Å². The van der Waals surface area contributed by atoms with Crippen LogP contribution in [0.25, 0.3) is 5.70 Å². The summed E-state index contributed by atoms with van der Waals surface area (Å²) in [6.45, 7) is 2.09. The van der Waals surface area contributed by atoms with Crippen LogP contribution in [0.5, 0.6) is 0 Å². The van der Waals surface area contributed by atoms with Gasteiger partial charge in [0.15, 0.2) is 0 Å². The standard InChI is InChI=1S/C13H14N2O/c1-2-13(14)7-6-10-11-8(12(16)15-10)4-3-5-9(11)13/h3-6H,2,7,14H2,1H3,(H,15,16). The maximum atomic E-state index is 11.7. The van der Waals surface area contributed by atoms with Gasteiger partial charge in [0.25, 0.3) is 5.91 Å². The van der Waals surface area contributed by atoms with Crippen LogP contribution in [0.2, 0.25) is 0 Å². The Morgan fingerprint density at radius 3 is 3.06 bits per heavy atom. The molecule has 1 amide bonds. The van der Waals surface area contributed by atoms with E-state index in [4.69, 9.17) is 5.73 Å². The molecule has 1 aliphatic heterocycles. The van der Waals surface area contributed by atoms with Crippen LogP contribution in [-0.2, 0) is 5.54 Å². The van der Waals surface area contributed by atoms with Gasteiger partial charge in [0.2, 0.25) is 0 Å². The van der Waals surface area contributed by atoms with E-state index in [0.717, 1.165) is 35.2 Å². The van der Waals surface area contributed by atoms with E-state index in [2.05, 4.69) is 12.2 Å². The zero-order valence-electron chi connectivity index (χ0n) is 9.21. The first-order chi connectivity index (χ1) is 7.65. The van der Waals surface area contributed by atoms with Crippen molar-refractivity contribution in [1.29, 1.82) is 0 Å². The smallest absolute Gasteiger partial charge is 0.256 e. The molecule has 0 saturated heterocycles. The van der Waals surface area contributed by atoms with Gasteiger partial charge >= 0.3 is 0 Å². The monoisotopic (exact) mass is 214 g/mol. The third-order valence-corrected chi connectivity index (χ3v) is 3.66. The average Bonchev–Trinajstić information content (AvgIpc) is 2.63. The van der Waals surface area contributed by atoms with Crippen molar-refractivity contribution < 1.29 is 4.79 Å². The Bertz CT molecular complexity index is 519. The molecule has 0 bridgehead atoms. The molecule has 0 fully saturated rings. The fourth-order valence-corrected chi connectivity index (χ4v) is 2.58. The minimum atomic E-state index is -0.318. The highest BCUT2D eigenvalue weighted by atomic mass is 16.1. The van der Waals surface area contributed by atoms with E-state index < -0.39 is 0 Å². The minimum Gasteiger partial charge on any atom is -0.322 e. The minimum absolute atomic E-state index is 0.0107. The summed E-state index contributed by atoms with van der Waals surface area (Å²) in [5.41, 5.74) is 9.88. The highest BCUT2D eigenvalue weighted by Gasteiger charge is 2.37. The fraction of sp³-hybridized carbons (Fsp3) is 0.308. The Morgan fingerprint density at radius 1 is 1.50 bits per heavy atom. The molecule has 3 heteroatoms. The van der Waals surface area contributed by atoms with E-state index in [1.54, 1.807) is 0 Å². The number of carbonyl (C=O) groups is 1. The molecule has 0 aromatic heterocycles. The number of rotatable bonds is 1. The van der Waals surface area contributed by atoms with Crippen LogP contribution in [0, 0.1) is 0 Å². The van der Waals surface area contributed by atoms with Crippen LogP contribution in [0.3, 0.4) is 0 Å². The Morgan fingerprint density at radius 2 is 2.31 bits per heavy atom. The maximum Gasteiger partial charge on any atom is 0.256 e. The third kappa shape index (κ3) is 1.04. The molecule has 82 valence electrons. The van der Waals surface area contributed by atoms with Gasteiger partial charge in [-0.1, -0.05) is 25.1 Å². The fourth-order valence-electron chi connectivity index (χ4n) is 2.58. The molecule has 1 heterocycles. The van der Waals surface area contributed by atoms with Crippen molar-refractivity contribution in [1.82, 2.24) is 5.32 Å². The summed E-state index contributed by atoms with van der Waals surface area (Å²) in [5.74, 6) is -0.0107. The summed E-state index contributed by atoms with van der Waals surface area (Å²) in [6.07, 6.45) is 3.71. The molecular formula is C13H14N2O. The quantitative estimate of drug-likeness (QED) is 0.748. The SMILES string of the molecule is CCC1(N)CC=C2NC(=O)c3cccc1c32. The number of hydrogen-bond acceptors (Lipinski definition) is 2. The van der Waals surface area contributed by atoms with Gasteiger partial charge in [-0.3, -0.25) is 4.79 Å². The summed E-state index contributed by atoms with van der Waals surface area (Å²) >= 11 is 0. The van der Waals surface area contributed by atoms with E-state index in [-0.39, 0.29) is 11.4 Å².